The molecule has 1 amide bonds. The molecule has 0 bridgehead atoms. The molecule has 1 aromatic heterocycles. The van der Waals surface area contributed by atoms with Crippen LogP contribution >= 0.6 is 23.2 Å². The number of aromatic nitrogens is 2. The molecule has 0 radical (unpaired) electrons. The summed E-state index contributed by atoms with van der Waals surface area (Å²) in [5.74, 6) is -0.323. The maximum absolute atomic E-state index is 12.0. The number of benzene rings is 1. The standard InChI is InChI=1S/C13H11Cl2N3O/c1-8(9-4-2-3-5-10(9)14)16-13(19)11-6-7-12(15)18-17-11/h2-8H,1H3,(H,16,19). The first-order valence-corrected chi connectivity index (χ1v) is 6.38. The second-order valence-electron chi connectivity index (χ2n) is 3.96. The Balaban J connectivity index is 2.11. The van der Waals surface area contributed by atoms with E-state index in [2.05, 4.69) is 15.5 Å². The van der Waals surface area contributed by atoms with Gasteiger partial charge in [-0.1, -0.05) is 41.4 Å². The Hall–Kier alpha value is -1.65. The van der Waals surface area contributed by atoms with Crippen LogP contribution in [0, 0.1) is 0 Å². The number of amides is 1. The average molecular weight is 296 g/mol. The summed E-state index contributed by atoms with van der Waals surface area (Å²) < 4.78 is 0. The first kappa shape index (κ1) is 13.8. The molecule has 0 aliphatic heterocycles. The van der Waals surface area contributed by atoms with Gasteiger partial charge in [0.2, 0.25) is 0 Å². The van der Waals surface area contributed by atoms with Crippen molar-refractivity contribution in [3.05, 3.63) is 57.8 Å². The van der Waals surface area contributed by atoms with Crippen LogP contribution in [0.15, 0.2) is 36.4 Å². The summed E-state index contributed by atoms with van der Waals surface area (Å²) in [7, 11) is 0. The van der Waals surface area contributed by atoms with Crippen molar-refractivity contribution >= 4 is 29.1 Å². The van der Waals surface area contributed by atoms with Gasteiger partial charge in [0.05, 0.1) is 6.04 Å². The highest BCUT2D eigenvalue weighted by Crippen LogP contribution is 2.22. The molecule has 1 aromatic carbocycles. The summed E-state index contributed by atoms with van der Waals surface area (Å²) in [6.45, 7) is 1.85. The Morgan fingerprint density at radius 1 is 1.16 bits per heavy atom. The van der Waals surface area contributed by atoms with Crippen molar-refractivity contribution in [2.75, 3.05) is 0 Å². The zero-order valence-corrected chi connectivity index (χ0v) is 11.6. The van der Waals surface area contributed by atoms with Crippen molar-refractivity contribution in [1.29, 1.82) is 0 Å². The highest BCUT2D eigenvalue weighted by Gasteiger charge is 2.14. The quantitative estimate of drug-likeness (QED) is 0.945. The van der Waals surface area contributed by atoms with Gasteiger partial charge in [0.15, 0.2) is 10.8 Å². The van der Waals surface area contributed by atoms with Crippen LogP contribution in [0.25, 0.3) is 0 Å². The number of carbonyl (C=O) groups is 1. The van der Waals surface area contributed by atoms with Crippen LogP contribution in [0.3, 0.4) is 0 Å². The SMILES string of the molecule is CC(NC(=O)c1ccc(Cl)nn1)c1ccccc1Cl. The molecule has 1 atom stereocenters. The van der Waals surface area contributed by atoms with Gasteiger partial charge in [0, 0.05) is 5.02 Å². The Morgan fingerprint density at radius 2 is 1.89 bits per heavy atom. The van der Waals surface area contributed by atoms with E-state index >= 15 is 0 Å². The van der Waals surface area contributed by atoms with Crippen LogP contribution in [-0.2, 0) is 0 Å². The number of hydrogen-bond donors (Lipinski definition) is 1. The van der Waals surface area contributed by atoms with E-state index in [1.54, 1.807) is 6.07 Å². The van der Waals surface area contributed by atoms with Gasteiger partial charge in [-0.15, -0.1) is 10.2 Å². The minimum Gasteiger partial charge on any atom is -0.344 e. The molecule has 1 heterocycles. The topological polar surface area (TPSA) is 54.9 Å². The molecule has 2 aromatic rings. The van der Waals surface area contributed by atoms with E-state index in [4.69, 9.17) is 23.2 Å². The molecule has 19 heavy (non-hydrogen) atoms. The highest BCUT2D eigenvalue weighted by molar-refractivity contribution is 6.31. The summed E-state index contributed by atoms with van der Waals surface area (Å²) >= 11 is 11.7. The number of rotatable bonds is 3. The predicted octanol–water partition coefficient (Wildman–Crippen LogP) is 3.27. The number of halogens is 2. The summed E-state index contributed by atoms with van der Waals surface area (Å²) in [4.78, 5) is 12.0. The third kappa shape index (κ3) is 3.43. The van der Waals surface area contributed by atoms with Crippen LogP contribution in [-0.4, -0.2) is 16.1 Å². The first-order chi connectivity index (χ1) is 9.08. The highest BCUT2D eigenvalue weighted by atomic mass is 35.5. The number of nitrogens with zero attached hydrogens (tertiary/aromatic N) is 2. The van der Waals surface area contributed by atoms with Crippen molar-refractivity contribution in [1.82, 2.24) is 15.5 Å². The fraction of sp³-hybridized carbons (Fsp3) is 0.154. The first-order valence-electron chi connectivity index (χ1n) is 5.62. The Bertz CT molecular complexity index is 587. The van der Waals surface area contributed by atoms with Crippen molar-refractivity contribution in [3.63, 3.8) is 0 Å². The van der Waals surface area contributed by atoms with Gasteiger partial charge in [-0.25, -0.2) is 0 Å². The maximum atomic E-state index is 12.0. The van der Waals surface area contributed by atoms with Crippen LogP contribution in [0.2, 0.25) is 10.2 Å². The van der Waals surface area contributed by atoms with E-state index in [0.29, 0.717) is 5.02 Å². The minimum absolute atomic E-state index is 0.211. The van der Waals surface area contributed by atoms with E-state index < -0.39 is 0 Å². The zero-order valence-electron chi connectivity index (χ0n) is 10.1. The summed E-state index contributed by atoms with van der Waals surface area (Å²) in [5.41, 5.74) is 1.06. The van der Waals surface area contributed by atoms with E-state index in [0.717, 1.165) is 5.56 Å². The van der Waals surface area contributed by atoms with Crippen molar-refractivity contribution in [2.24, 2.45) is 0 Å². The van der Waals surface area contributed by atoms with Crippen LogP contribution < -0.4 is 5.32 Å². The lowest BCUT2D eigenvalue weighted by molar-refractivity contribution is 0.0934. The Morgan fingerprint density at radius 3 is 2.53 bits per heavy atom. The molecule has 0 spiro atoms. The van der Waals surface area contributed by atoms with Gasteiger partial charge < -0.3 is 5.32 Å². The van der Waals surface area contributed by atoms with E-state index in [1.165, 1.54) is 12.1 Å². The van der Waals surface area contributed by atoms with Gasteiger partial charge in [-0.2, -0.15) is 0 Å². The molecule has 0 saturated heterocycles. The van der Waals surface area contributed by atoms with Crippen molar-refractivity contribution < 1.29 is 4.79 Å². The molecule has 98 valence electrons. The third-order valence-corrected chi connectivity index (χ3v) is 3.13. The molecule has 6 heteroatoms. The summed E-state index contributed by atoms with van der Waals surface area (Å²) in [5, 5.41) is 11.0. The minimum atomic E-state index is -0.323. The lowest BCUT2D eigenvalue weighted by Crippen LogP contribution is -2.27. The largest absolute Gasteiger partial charge is 0.344 e. The molecule has 0 aliphatic carbocycles. The van der Waals surface area contributed by atoms with Crippen LogP contribution in [0.5, 0.6) is 0 Å². The molecule has 0 aliphatic rings. The Kier molecular flexibility index (Phi) is 4.35. The maximum Gasteiger partial charge on any atom is 0.272 e. The second-order valence-corrected chi connectivity index (χ2v) is 4.75. The predicted molar refractivity (Wildman–Crippen MR) is 74.4 cm³/mol. The average Bonchev–Trinajstić information content (AvgIpc) is 2.39. The van der Waals surface area contributed by atoms with Gasteiger partial charge >= 0.3 is 0 Å². The number of nitrogens with one attached hydrogen (secondary N) is 1. The number of carbonyl (C=O) groups excluding carboxylic acids is 1. The molecule has 0 fully saturated rings. The van der Waals surface area contributed by atoms with E-state index in [9.17, 15) is 4.79 Å². The molecule has 1 unspecified atom stereocenters. The zero-order chi connectivity index (χ0) is 13.8. The van der Waals surface area contributed by atoms with Crippen molar-refractivity contribution in [3.8, 4) is 0 Å². The third-order valence-electron chi connectivity index (χ3n) is 2.58. The van der Waals surface area contributed by atoms with Crippen LogP contribution in [0.1, 0.15) is 29.0 Å². The fourth-order valence-electron chi connectivity index (χ4n) is 1.61. The lowest BCUT2D eigenvalue weighted by Gasteiger charge is -2.15. The summed E-state index contributed by atoms with van der Waals surface area (Å²) in [6, 6.07) is 10.2. The fourth-order valence-corrected chi connectivity index (χ4v) is 2.01. The normalized spacial score (nSPS) is 11.9. The number of hydrogen-bond acceptors (Lipinski definition) is 3. The van der Waals surface area contributed by atoms with Crippen LogP contribution in [0.4, 0.5) is 0 Å². The molecule has 1 N–H and O–H groups in total. The monoisotopic (exact) mass is 295 g/mol. The summed E-state index contributed by atoms with van der Waals surface area (Å²) in [6.07, 6.45) is 0. The Labute approximate surface area is 120 Å². The smallest absolute Gasteiger partial charge is 0.272 e. The molecule has 4 nitrogen and oxygen atoms in total. The molecule has 0 saturated carbocycles. The van der Waals surface area contributed by atoms with Gasteiger partial charge in [-0.3, -0.25) is 4.79 Å². The van der Waals surface area contributed by atoms with Gasteiger partial charge in [-0.05, 0) is 30.7 Å². The molecular formula is C13H11Cl2N3O. The van der Waals surface area contributed by atoms with Crippen molar-refractivity contribution in [2.45, 2.75) is 13.0 Å². The van der Waals surface area contributed by atoms with E-state index in [-0.39, 0.29) is 22.8 Å². The van der Waals surface area contributed by atoms with Gasteiger partial charge in [0.1, 0.15) is 0 Å². The lowest BCUT2D eigenvalue weighted by atomic mass is 10.1. The van der Waals surface area contributed by atoms with Gasteiger partial charge in [0.25, 0.3) is 5.91 Å². The van der Waals surface area contributed by atoms with E-state index in [1.807, 2.05) is 25.1 Å². The second kappa shape index (κ2) is 5.99. The molecule has 2 rings (SSSR count). The molecular weight excluding hydrogens is 285 g/mol.